The van der Waals surface area contributed by atoms with Crippen molar-refractivity contribution in [1.29, 1.82) is 0 Å². The van der Waals surface area contributed by atoms with Gasteiger partial charge in [-0.05, 0) is 24.0 Å². The van der Waals surface area contributed by atoms with Gasteiger partial charge in [-0.1, -0.05) is 60.7 Å². The number of rotatable bonds is 3. The molecule has 2 atom stereocenters. The van der Waals surface area contributed by atoms with Gasteiger partial charge in [-0.3, -0.25) is 0 Å². The second kappa shape index (κ2) is 16.9. The third kappa shape index (κ3) is 12.7. The molecule has 0 bridgehead atoms. The van der Waals surface area contributed by atoms with E-state index in [4.69, 9.17) is 0 Å². The first kappa shape index (κ1) is 23.8. The Hall–Kier alpha value is 0.777. The summed E-state index contributed by atoms with van der Waals surface area (Å²) in [6.07, 6.45) is 2.26. The monoisotopic (exact) mass is 650 g/mol. The molecule has 2 aliphatic rings. The molecule has 0 saturated heterocycles. The largest absolute Gasteiger partial charge is 2.00 e. The first-order valence-electron chi connectivity index (χ1n) is 7.74. The second-order valence-electron chi connectivity index (χ2n) is 4.87. The Morgan fingerprint density at radius 1 is 0.640 bits per heavy atom. The van der Waals surface area contributed by atoms with Gasteiger partial charge in [0.15, 0.2) is 0 Å². The van der Waals surface area contributed by atoms with E-state index in [2.05, 4.69) is 87.3 Å². The zero-order valence-corrected chi connectivity index (χ0v) is 24.3. The van der Waals surface area contributed by atoms with Gasteiger partial charge in [-0.2, -0.15) is 0 Å². The number of hydrogen-bond acceptors (Lipinski definition) is 0. The van der Waals surface area contributed by atoms with Crippen LogP contribution in [0.5, 0.6) is 0 Å². The van der Waals surface area contributed by atoms with Crippen molar-refractivity contribution in [3.05, 3.63) is 91.2 Å². The summed E-state index contributed by atoms with van der Waals surface area (Å²) in [5.41, 5.74) is 2.83. The van der Waals surface area contributed by atoms with Gasteiger partial charge < -0.3 is 0 Å². The molecule has 0 amide bonds. The van der Waals surface area contributed by atoms with Crippen LogP contribution in [0, 0.1) is 0 Å². The van der Waals surface area contributed by atoms with Crippen molar-refractivity contribution in [2.75, 3.05) is 0 Å². The molecule has 0 spiro atoms. The average Bonchev–Trinajstić information content (AvgIpc) is 3.40. The van der Waals surface area contributed by atoms with Crippen LogP contribution in [0.4, 0.5) is 0 Å². The van der Waals surface area contributed by atoms with E-state index in [-0.39, 0.29) is 57.7 Å². The Morgan fingerprint density at radius 3 is 1.28 bits per heavy atom. The van der Waals surface area contributed by atoms with Crippen LogP contribution in [0.25, 0.3) is 0 Å². The predicted molar refractivity (Wildman–Crippen MR) is 114 cm³/mol. The van der Waals surface area contributed by atoms with Crippen molar-refractivity contribution in [1.82, 2.24) is 0 Å². The van der Waals surface area contributed by atoms with Crippen LogP contribution in [-0.2, 0) is 39.0 Å². The molecule has 0 nitrogen and oxygen atoms in total. The zero-order chi connectivity index (χ0) is 16.7. The van der Waals surface area contributed by atoms with E-state index in [1.807, 2.05) is 0 Å². The van der Waals surface area contributed by atoms with E-state index in [0.717, 1.165) is 12.8 Å². The Kier molecular flexibility index (Phi) is 16.1. The summed E-state index contributed by atoms with van der Waals surface area (Å²) in [6.45, 7) is 0. The molecule has 0 N–H and O–H groups in total. The molecule has 0 radical (unpaired) electrons. The van der Waals surface area contributed by atoms with E-state index >= 15 is 0 Å². The van der Waals surface area contributed by atoms with Gasteiger partial charge in [-0.15, -0.1) is 0 Å². The first-order chi connectivity index (χ1) is 11.9. The Morgan fingerprint density at radius 2 is 1.04 bits per heavy atom. The normalized spacial score (nSPS) is 15.8. The summed E-state index contributed by atoms with van der Waals surface area (Å²) in [5.74, 6) is 0. The van der Waals surface area contributed by atoms with Crippen LogP contribution in [0.15, 0.2) is 80.1 Å². The molecule has 0 saturated carbocycles. The van der Waals surface area contributed by atoms with E-state index < -0.39 is 0 Å². The molecule has 25 heavy (non-hydrogen) atoms. The predicted octanol–water partition coefficient (Wildman–Crippen LogP) is 1.97. The molecule has 0 aliphatic carbocycles. The van der Waals surface area contributed by atoms with Gasteiger partial charge in [0.1, 0.15) is 0 Å². The fourth-order valence-corrected chi connectivity index (χ4v) is 11.6. The third-order valence-corrected chi connectivity index (χ3v) is 15.0. The quantitative estimate of drug-likeness (QED) is 0.352. The van der Waals surface area contributed by atoms with Crippen LogP contribution in [0.2, 0.25) is 0 Å². The van der Waals surface area contributed by atoms with Crippen LogP contribution < -0.4 is 0 Å². The topological polar surface area (TPSA) is 0 Å². The minimum Gasteiger partial charge on any atom is -0.0622 e. The molecule has 2 aromatic rings. The summed E-state index contributed by atoms with van der Waals surface area (Å²) in [6, 6.07) is 21.2. The Labute approximate surface area is 197 Å². The fourth-order valence-electron chi connectivity index (χ4n) is 1.95. The SMILES string of the molecule is [C-]1=[As]C=C[AsH]1.[C-]1=[As]C=C[AsH]1.[Zr+2].c1ccc(CCc2ccccc2)cc1. The van der Waals surface area contributed by atoms with Crippen LogP contribution in [0.1, 0.15) is 11.1 Å². The number of hydrogen-bond donors (Lipinski definition) is 0. The van der Waals surface area contributed by atoms with Crippen molar-refractivity contribution in [3.63, 3.8) is 0 Å². The Balaban J connectivity index is 0.000000233. The molecular weight excluding hydrogens is 631 g/mol. The standard InChI is InChI=1S/C14H14.2C3H3As2.Zr/c1-3-7-13(8-4-1)11-12-14-9-5-2-6-10-14;2*1-2-5-3-4-1;/h1-10H,11-12H2;2*1-2,4H;/q;2*-1;+2. The van der Waals surface area contributed by atoms with Gasteiger partial charge in [-0.25, -0.2) is 0 Å². The molecule has 2 unspecified atom stereocenters. The van der Waals surface area contributed by atoms with E-state index in [0.29, 0.717) is 30.6 Å². The second-order valence-corrected chi connectivity index (χ2v) is 15.6. The van der Waals surface area contributed by atoms with E-state index in [9.17, 15) is 0 Å². The zero-order valence-electron chi connectivity index (χ0n) is 13.9. The van der Waals surface area contributed by atoms with Crippen molar-refractivity contribution in [3.8, 4) is 0 Å². The molecule has 0 fully saturated rings. The molecule has 2 aromatic carbocycles. The van der Waals surface area contributed by atoms with Crippen molar-refractivity contribution >= 4 is 69.3 Å². The van der Waals surface area contributed by atoms with Crippen LogP contribution >= 0.6 is 0 Å². The van der Waals surface area contributed by atoms with Crippen molar-refractivity contribution in [2.24, 2.45) is 0 Å². The van der Waals surface area contributed by atoms with Gasteiger partial charge >= 0.3 is 115 Å². The smallest absolute Gasteiger partial charge is 0.0622 e. The molecule has 2 heterocycles. The average molecular weight is 651 g/mol. The summed E-state index contributed by atoms with van der Waals surface area (Å²) >= 11 is 1.46. The van der Waals surface area contributed by atoms with Gasteiger partial charge in [0, 0.05) is 0 Å². The maximum absolute atomic E-state index is 3.33. The first-order valence-corrected chi connectivity index (χ1v) is 16.3. The molecule has 5 heteroatoms. The van der Waals surface area contributed by atoms with Gasteiger partial charge in [0.05, 0.1) is 0 Å². The summed E-state index contributed by atoms with van der Waals surface area (Å²) in [7, 11) is 0. The van der Waals surface area contributed by atoms with E-state index in [1.165, 1.54) is 11.1 Å². The maximum Gasteiger partial charge on any atom is 2.00 e. The number of aryl methyl sites for hydroxylation is 2. The minimum absolute atomic E-state index is 0. The summed E-state index contributed by atoms with van der Waals surface area (Å²) in [4.78, 5) is 9.13. The van der Waals surface area contributed by atoms with Gasteiger partial charge in [0.2, 0.25) is 0 Å². The van der Waals surface area contributed by atoms with Crippen molar-refractivity contribution in [2.45, 2.75) is 12.8 Å². The molecule has 0 aromatic heterocycles. The van der Waals surface area contributed by atoms with Gasteiger partial charge in [0.25, 0.3) is 0 Å². The molecule has 2 aliphatic heterocycles. The number of benzene rings is 2. The third-order valence-electron chi connectivity index (χ3n) is 3.11. The van der Waals surface area contributed by atoms with Crippen LogP contribution in [0.3, 0.4) is 0 Å². The maximum atomic E-state index is 3.33. The Bertz CT molecular complexity index is 598. The van der Waals surface area contributed by atoms with Crippen molar-refractivity contribution < 1.29 is 26.2 Å². The molecular formula is C20H20As4Zr. The minimum atomic E-state index is 0. The summed E-state index contributed by atoms with van der Waals surface area (Å²) in [5, 5.41) is 0. The van der Waals surface area contributed by atoms with Crippen LogP contribution in [-0.4, -0.2) is 69.3 Å². The fraction of sp³-hybridized carbons (Fsp3) is 0.100. The molecule has 4 rings (SSSR count). The summed E-state index contributed by atoms with van der Waals surface area (Å²) < 4.78 is 6.66. The molecule has 124 valence electrons. The van der Waals surface area contributed by atoms with E-state index in [1.54, 1.807) is 0 Å².